The predicted octanol–water partition coefficient (Wildman–Crippen LogP) is 1.04. The number of carboxylic acids is 1. The minimum absolute atomic E-state index is 0.144. The summed E-state index contributed by atoms with van der Waals surface area (Å²) in [6.07, 6.45) is -1.31. The molecule has 0 saturated carbocycles. The highest BCUT2D eigenvalue weighted by molar-refractivity contribution is 6.31. The van der Waals surface area contributed by atoms with Gasteiger partial charge in [-0.15, -0.1) is 0 Å². The molecule has 18 heavy (non-hydrogen) atoms. The molecular weight excluding hydrogens is 265 g/mol. The van der Waals surface area contributed by atoms with Crippen LogP contribution in [-0.2, 0) is 4.79 Å². The lowest BCUT2D eigenvalue weighted by molar-refractivity contribution is -0.141. The van der Waals surface area contributed by atoms with Crippen LogP contribution in [0.1, 0.15) is 17.3 Å². The molecule has 0 aliphatic carbocycles. The third-order valence-corrected chi connectivity index (χ3v) is 2.44. The van der Waals surface area contributed by atoms with Crippen molar-refractivity contribution in [1.82, 2.24) is 5.32 Å². The second kappa shape index (κ2) is 5.79. The second-order valence-electron chi connectivity index (χ2n) is 3.65. The zero-order valence-electron chi connectivity index (χ0n) is 9.35. The van der Waals surface area contributed by atoms with Crippen molar-refractivity contribution in [1.29, 1.82) is 0 Å². The number of amides is 1. The fourth-order valence-corrected chi connectivity index (χ4v) is 1.45. The average Bonchev–Trinajstić information content (AvgIpc) is 2.28. The van der Waals surface area contributed by atoms with Crippen LogP contribution in [0.5, 0.6) is 0 Å². The van der Waals surface area contributed by atoms with Crippen LogP contribution in [0, 0.1) is 5.82 Å². The third kappa shape index (κ3) is 3.41. The number of hydrogen-bond donors (Lipinski definition) is 3. The molecule has 0 heterocycles. The largest absolute Gasteiger partial charge is 0.480 e. The maximum atomic E-state index is 13.3. The van der Waals surface area contributed by atoms with Crippen LogP contribution >= 0.6 is 11.6 Å². The molecule has 0 aromatic heterocycles. The SMILES string of the molecule is C[C@@H](O)[C@@H](NC(=O)c1cc(Cl)ccc1F)C(=O)O. The first kappa shape index (κ1) is 14.4. The van der Waals surface area contributed by atoms with Crippen molar-refractivity contribution in [3.8, 4) is 0 Å². The number of aliphatic hydroxyl groups is 1. The number of benzene rings is 1. The van der Waals surface area contributed by atoms with Crippen molar-refractivity contribution in [3.05, 3.63) is 34.6 Å². The van der Waals surface area contributed by atoms with Gasteiger partial charge in [0.2, 0.25) is 0 Å². The number of carbonyl (C=O) groups excluding carboxylic acids is 1. The highest BCUT2D eigenvalue weighted by Crippen LogP contribution is 2.15. The van der Waals surface area contributed by atoms with Gasteiger partial charge in [-0.1, -0.05) is 11.6 Å². The molecule has 1 aromatic carbocycles. The highest BCUT2D eigenvalue weighted by Gasteiger charge is 2.26. The maximum absolute atomic E-state index is 13.3. The fraction of sp³-hybridized carbons (Fsp3) is 0.273. The van der Waals surface area contributed by atoms with Crippen LogP contribution in [-0.4, -0.2) is 34.2 Å². The van der Waals surface area contributed by atoms with Crippen LogP contribution < -0.4 is 5.32 Å². The van der Waals surface area contributed by atoms with E-state index in [-0.39, 0.29) is 10.6 Å². The number of hydrogen-bond acceptors (Lipinski definition) is 3. The number of halogens is 2. The van der Waals surface area contributed by atoms with Crippen LogP contribution in [0.25, 0.3) is 0 Å². The van der Waals surface area contributed by atoms with Crippen molar-refractivity contribution in [2.24, 2.45) is 0 Å². The van der Waals surface area contributed by atoms with E-state index in [0.717, 1.165) is 12.1 Å². The lowest BCUT2D eigenvalue weighted by Gasteiger charge is -2.17. The first-order chi connectivity index (χ1) is 8.32. The Hall–Kier alpha value is -1.66. The zero-order valence-corrected chi connectivity index (χ0v) is 10.1. The predicted molar refractivity (Wildman–Crippen MR) is 62.0 cm³/mol. The van der Waals surface area contributed by atoms with E-state index < -0.39 is 29.8 Å². The summed E-state index contributed by atoms with van der Waals surface area (Å²) in [5.74, 6) is -3.20. The Balaban J connectivity index is 2.94. The molecule has 0 radical (unpaired) electrons. The first-order valence-corrected chi connectivity index (χ1v) is 5.37. The minimum Gasteiger partial charge on any atom is -0.480 e. The lowest BCUT2D eigenvalue weighted by atomic mass is 10.1. The van der Waals surface area contributed by atoms with Crippen LogP contribution in [0.15, 0.2) is 18.2 Å². The molecule has 98 valence electrons. The Morgan fingerprint density at radius 1 is 1.44 bits per heavy atom. The monoisotopic (exact) mass is 275 g/mol. The van der Waals surface area contributed by atoms with Crippen molar-refractivity contribution >= 4 is 23.5 Å². The van der Waals surface area contributed by atoms with Gasteiger partial charge in [0, 0.05) is 5.02 Å². The summed E-state index contributed by atoms with van der Waals surface area (Å²) in [7, 11) is 0. The molecular formula is C11H11ClFNO4. The number of carboxylic acid groups (broad SMARTS) is 1. The molecule has 0 unspecified atom stereocenters. The van der Waals surface area contributed by atoms with E-state index in [1.165, 1.54) is 13.0 Å². The van der Waals surface area contributed by atoms with E-state index in [4.69, 9.17) is 16.7 Å². The molecule has 0 saturated heterocycles. The second-order valence-corrected chi connectivity index (χ2v) is 4.09. The molecule has 1 aromatic rings. The van der Waals surface area contributed by atoms with Crippen LogP contribution in [0.2, 0.25) is 5.02 Å². The Kier molecular flexibility index (Phi) is 4.63. The molecule has 1 rings (SSSR count). The highest BCUT2D eigenvalue weighted by atomic mass is 35.5. The van der Waals surface area contributed by atoms with Crippen molar-refractivity contribution in [3.63, 3.8) is 0 Å². The van der Waals surface area contributed by atoms with E-state index >= 15 is 0 Å². The van der Waals surface area contributed by atoms with Crippen molar-refractivity contribution < 1.29 is 24.2 Å². The molecule has 0 aliphatic rings. The molecule has 0 spiro atoms. The van der Waals surface area contributed by atoms with Gasteiger partial charge < -0.3 is 15.5 Å². The summed E-state index contributed by atoms with van der Waals surface area (Å²) in [6, 6.07) is 1.82. The lowest BCUT2D eigenvalue weighted by Crippen LogP contribution is -2.47. The molecule has 3 N–H and O–H groups in total. The Morgan fingerprint density at radius 3 is 2.56 bits per heavy atom. The molecule has 0 aliphatic heterocycles. The standard InChI is InChI=1S/C11H11ClFNO4/c1-5(15)9(11(17)18)14-10(16)7-4-6(12)2-3-8(7)13/h2-5,9,15H,1H3,(H,14,16)(H,17,18)/t5-,9-/m1/s1. The number of rotatable bonds is 4. The van der Waals surface area contributed by atoms with Gasteiger partial charge in [-0.05, 0) is 25.1 Å². The number of aliphatic hydroxyl groups excluding tert-OH is 1. The molecule has 0 fully saturated rings. The van der Waals surface area contributed by atoms with Gasteiger partial charge >= 0.3 is 5.97 Å². The molecule has 7 heteroatoms. The van der Waals surface area contributed by atoms with E-state index in [1.54, 1.807) is 0 Å². The minimum atomic E-state index is -1.52. The third-order valence-electron chi connectivity index (χ3n) is 2.21. The van der Waals surface area contributed by atoms with Gasteiger partial charge in [-0.2, -0.15) is 0 Å². The summed E-state index contributed by atoms with van der Waals surface area (Å²) in [5.41, 5.74) is -0.380. The fourth-order valence-electron chi connectivity index (χ4n) is 1.28. The Morgan fingerprint density at radius 2 is 2.06 bits per heavy atom. The molecule has 5 nitrogen and oxygen atoms in total. The summed E-state index contributed by atoms with van der Waals surface area (Å²) in [6.45, 7) is 1.20. The quantitative estimate of drug-likeness (QED) is 0.766. The zero-order chi connectivity index (χ0) is 13.9. The molecule has 2 atom stereocenters. The van der Waals surface area contributed by atoms with E-state index in [2.05, 4.69) is 0 Å². The number of carbonyl (C=O) groups is 2. The smallest absolute Gasteiger partial charge is 0.328 e. The Labute approximate surface area is 107 Å². The van der Waals surface area contributed by atoms with E-state index in [1.807, 2.05) is 5.32 Å². The first-order valence-electron chi connectivity index (χ1n) is 4.99. The summed E-state index contributed by atoms with van der Waals surface area (Å²) >= 11 is 5.61. The normalized spacial score (nSPS) is 13.8. The average molecular weight is 276 g/mol. The Bertz CT molecular complexity index is 478. The summed E-state index contributed by atoms with van der Waals surface area (Å²) in [5, 5.41) is 20.1. The van der Waals surface area contributed by atoms with Crippen LogP contribution in [0.3, 0.4) is 0 Å². The van der Waals surface area contributed by atoms with Gasteiger partial charge in [-0.3, -0.25) is 4.79 Å². The summed E-state index contributed by atoms with van der Waals surface area (Å²) in [4.78, 5) is 22.4. The van der Waals surface area contributed by atoms with Gasteiger partial charge in [0.15, 0.2) is 6.04 Å². The maximum Gasteiger partial charge on any atom is 0.328 e. The van der Waals surface area contributed by atoms with Gasteiger partial charge in [0.05, 0.1) is 11.7 Å². The van der Waals surface area contributed by atoms with E-state index in [0.29, 0.717) is 0 Å². The van der Waals surface area contributed by atoms with E-state index in [9.17, 15) is 19.1 Å². The van der Waals surface area contributed by atoms with Gasteiger partial charge in [0.1, 0.15) is 5.82 Å². The summed E-state index contributed by atoms with van der Waals surface area (Å²) < 4.78 is 13.3. The number of nitrogens with one attached hydrogen (secondary N) is 1. The van der Waals surface area contributed by atoms with Gasteiger partial charge in [-0.25, -0.2) is 9.18 Å². The van der Waals surface area contributed by atoms with Crippen molar-refractivity contribution in [2.75, 3.05) is 0 Å². The topological polar surface area (TPSA) is 86.6 Å². The van der Waals surface area contributed by atoms with Crippen LogP contribution in [0.4, 0.5) is 4.39 Å². The molecule has 1 amide bonds. The van der Waals surface area contributed by atoms with Gasteiger partial charge in [0.25, 0.3) is 5.91 Å². The number of aliphatic carboxylic acids is 1. The van der Waals surface area contributed by atoms with Crippen molar-refractivity contribution in [2.45, 2.75) is 19.1 Å². The molecule has 0 bridgehead atoms.